The predicted octanol–water partition coefficient (Wildman–Crippen LogP) is 1.80. The molecule has 2 heterocycles. The molecule has 20 heavy (non-hydrogen) atoms. The second-order valence-electron chi connectivity index (χ2n) is 5.05. The number of nitrogens with one attached hydrogen (secondary N) is 1. The van der Waals surface area contributed by atoms with E-state index in [1.54, 1.807) is 6.07 Å². The first-order chi connectivity index (χ1) is 9.74. The number of hydrogen-bond acceptors (Lipinski definition) is 4. The van der Waals surface area contributed by atoms with Gasteiger partial charge in [0.15, 0.2) is 11.5 Å². The summed E-state index contributed by atoms with van der Waals surface area (Å²) in [6.07, 6.45) is -1.88. The highest BCUT2D eigenvalue weighted by Gasteiger charge is 2.22. The number of alkyl halides is 2. The van der Waals surface area contributed by atoms with Gasteiger partial charge in [-0.3, -0.25) is 0 Å². The molecule has 0 bridgehead atoms. The minimum Gasteiger partial charge on any atom is -0.454 e. The third-order valence-electron chi connectivity index (χ3n) is 3.78. The van der Waals surface area contributed by atoms with Crippen molar-refractivity contribution in [1.29, 1.82) is 0 Å². The zero-order chi connectivity index (χ0) is 13.9. The fourth-order valence-corrected chi connectivity index (χ4v) is 2.63. The molecular formula is C14H18F2N2O2. The van der Waals surface area contributed by atoms with Crippen molar-refractivity contribution in [1.82, 2.24) is 10.2 Å². The van der Waals surface area contributed by atoms with E-state index in [2.05, 4.69) is 10.2 Å². The van der Waals surface area contributed by atoms with Gasteiger partial charge in [0, 0.05) is 38.3 Å². The highest BCUT2D eigenvalue weighted by Crippen LogP contribution is 2.38. The van der Waals surface area contributed by atoms with Crippen molar-refractivity contribution >= 4 is 0 Å². The number of nitrogens with zero attached hydrogens (tertiary/aromatic N) is 1. The summed E-state index contributed by atoms with van der Waals surface area (Å²) in [7, 11) is 0. The Labute approximate surface area is 116 Å². The Bertz CT molecular complexity index is 476. The molecule has 2 aliphatic heterocycles. The van der Waals surface area contributed by atoms with Gasteiger partial charge in [-0.2, -0.15) is 0 Å². The van der Waals surface area contributed by atoms with Crippen LogP contribution in [-0.4, -0.2) is 44.4 Å². The largest absolute Gasteiger partial charge is 0.454 e. The highest BCUT2D eigenvalue weighted by molar-refractivity contribution is 5.49. The third-order valence-corrected chi connectivity index (χ3v) is 3.78. The Morgan fingerprint density at radius 3 is 2.55 bits per heavy atom. The summed E-state index contributed by atoms with van der Waals surface area (Å²) in [5.74, 6) is 0.996. The smallest absolute Gasteiger partial charge is 0.264 e. The summed E-state index contributed by atoms with van der Waals surface area (Å²) < 4.78 is 36.7. The lowest BCUT2D eigenvalue weighted by atomic mass is 10.0. The van der Waals surface area contributed by atoms with Crippen molar-refractivity contribution in [3.8, 4) is 11.5 Å². The molecule has 0 atom stereocenters. The lowest BCUT2D eigenvalue weighted by Crippen LogP contribution is -2.44. The van der Waals surface area contributed by atoms with Crippen LogP contribution in [0, 0.1) is 0 Å². The van der Waals surface area contributed by atoms with Gasteiger partial charge in [0.1, 0.15) is 0 Å². The van der Waals surface area contributed by atoms with E-state index in [1.165, 1.54) is 6.07 Å². The number of hydrogen-bond donors (Lipinski definition) is 1. The van der Waals surface area contributed by atoms with Gasteiger partial charge in [0.25, 0.3) is 6.43 Å². The molecule has 110 valence electrons. The second-order valence-corrected chi connectivity index (χ2v) is 5.05. The van der Waals surface area contributed by atoms with Gasteiger partial charge in [-0.05, 0) is 24.1 Å². The topological polar surface area (TPSA) is 33.7 Å². The molecule has 1 fully saturated rings. The Morgan fingerprint density at radius 1 is 1.15 bits per heavy atom. The van der Waals surface area contributed by atoms with Crippen molar-refractivity contribution in [3.63, 3.8) is 0 Å². The maximum atomic E-state index is 13.1. The third kappa shape index (κ3) is 2.86. The maximum absolute atomic E-state index is 13.1. The van der Waals surface area contributed by atoms with Gasteiger partial charge in [-0.1, -0.05) is 0 Å². The number of fused-ring (bicyclic) bond motifs is 1. The molecule has 0 spiro atoms. The van der Waals surface area contributed by atoms with E-state index in [-0.39, 0.29) is 12.4 Å². The molecule has 4 nitrogen and oxygen atoms in total. The van der Waals surface area contributed by atoms with E-state index in [9.17, 15) is 8.78 Å². The molecule has 1 saturated heterocycles. The van der Waals surface area contributed by atoms with Crippen LogP contribution in [0.4, 0.5) is 8.78 Å². The molecule has 1 aromatic carbocycles. The summed E-state index contributed by atoms with van der Waals surface area (Å²) in [5, 5.41) is 3.28. The first-order valence-electron chi connectivity index (χ1n) is 6.87. The van der Waals surface area contributed by atoms with Crippen LogP contribution in [0.2, 0.25) is 0 Å². The molecule has 0 saturated carbocycles. The molecule has 0 amide bonds. The van der Waals surface area contributed by atoms with Crippen molar-refractivity contribution in [2.45, 2.75) is 12.8 Å². The van der Waals surface area contributed by atoms with Gasteiger partial charge in [0.2, 0.25) is 6.79 Å². The molecule has 2 aliphatic rings. The Balaban J connectivity index is 1.73. The molecule has 0 unspecified atom stereocenters. The van der Waals surface area contributed by atoms with Crippen LogP contribution >= 0.6 is 0 Å². The van der Waals surface area contributed by atoms with Gasteiger partial charge >= 0.3 is 0 Å². The molecule has 0 aromatic heterocycles. The van der Waals surface area contributed by atoms with E-state index < -0.39 is 6.43 Å². The highest BCUT2D eigenvalue weighted by atomic mass is 19.3. The lowest BCUT2D eigenvalue weighted by molar-refractivity contribution is 0.149. The minimum atomic E-state index is -2.48. The van der Waals surface area contributed by atoms with Crippen LogP contribution in [0.25, 0.3) is 0 Å². The number of piperazine rings is 1. The number of ether oxygens (including phenoxy) is 2. The summed E-state index contributed by atoms with van der Waals surface area (Å²) >= 11 is 0. The molecular weight excluding hydrogens is 266 g/mol. The molecule has 6 heteroatoms. The van der Waals surface area contributed by atoms with Crippen LogP contribution in [0.5, 0.6) is 11.5 Å². The van der Waals surface area contributed by atoms with Crippen molar-refractivity contribution < 1.29 is 18.3 Å². The Hall–Kier alpha value is -1.40. The SMILES string of the molecule is FC(F)c1cc2c(cc1CCN1CCNCC1)OCO2. The average Bonchev–Trinajstić information content (AvgIpc) is 2.92. The first kappa shape index (κ1) is 13.6. The van der Waals surface area contributed by atoms with Crippen LogP contribution < -0.4 is 14.8 Å². The van der Waals surface area contributed by atoms with Crippen LogP contribution in [0.1, 0.15) is 17.6 Å². The zero-order valence-electron chi connectivity index (χ0n) is 11.2. The summed E-state index contributed by atoms with van der Waals surface area (Å²) in [6, 6.07) is 3.12. The van der Waals surface area contributed by atoms with E-state index in [4.69, 9.17) is 9.47 Å². The van der Waals surface area contributed by atoms with Gasteiger partial charge in [-0.25, -0.2) is 8.78 Å². The second kappa shape index (κ2) is 5.93. The molecule has 1 N–H and O–H groups in total. The zero-order valence-corrected chi connectivity index (χ0v) is 11.2. The normalized spacial score (nSPS) is 18.8. The number of halogens is 2. The van der Waals surface area contributed by atoms with E-state index >= 15 is 0 Å². The standard InChI is InChI=1S/C14H18F2N2O2/c15-14(16)11-8-13-12(19-9-20-13)7-10(11)1-4-18-5-2-17-3-6-18/h7-8,14,17H,1-6,9H2. The maximum Gasteiger partial charge on any atom is 0.264 e. The summed E-state index contributed by atoms with van der Waals surface area (Å²) in [4.78, 5) is 2.29. The van der Waals surface area contributed by atoms with Crippen molar-refractivity contribution in [2.24, 2.45) is 0 Å². The fourth-order valence-electron chi connectivity index (χ4n) is 2.63. The van der Waals surface area contributed by atoms with Crippen molar-refractivity contribution in [3.05, 3.63) is 23.3 Å². The molecule has 3 rings (SSSR count). The molecule has 1 aromatic rings. The predicted molar refractivity (Wildman–Crippen MR) is 70.5 cm³/mol. The van der Waals surface area contributed by atoms with E-state index in [0.717, 1.165) is 32.7 Å². The molecule has 0 aliphatic carbocycles. The van der Waals surface area contributed by atoms with Crippen LogP contribution in [-0.2, 0) is 6.42 Å². The van der Waals surface area contributed by atoms with Crippen LogP contribution in [0.3, 0.4) is 0 Å². The monoisotopic (exact) mass is 284 g/mol. The molecule has 0 radical (unpaired) electrons. The van der Waals surface area contributed by atoms with Gasteiger partial charge in [-0.15, -0.1) is 0 Å². The summed E-state index contributed by atoms with van der Waals surface area (Å²) in [5.41, 5.74) is 0.715. The summed E-state index contributed by atoms with van der Waals surface area (Å²) in [6.45, 7) is 4.76. The quantitative estimate of drug-likeness (QED) is 0.914. The van der Waals surface area contributed by atoms with E-state index in [1.807, 2.05) is 0 Å². The van der Waals surface area contributed by atoms with E-state index in [0.29, 0.717) is 23.5 Å². The number of benzene rings is 1. The van der Waals surface area contributed by atoms with Gasteiger partial charge < -0.3 is 19.7 Å². The minimum absolute atomic E-state index is 0.0596. The number of rotatable bonds is 4. The lowest BCUT2D eigenvalue weighted by Gasteiger charge is -2.27. The Kier molecular flexibility index (Phi) is 4.03. The van der Waals surface area contributed by atoms with Crippen molar-refractivity contribution in [2.75, 3.05) is 39.5 Å². The first-order valence-corrected chi connectivity index (χ1v) is 6.87. The average molecular weight is 284 g/mol. The van der Waals surface area contributed by atoms with Gasteiger partial charge in [0.05, 0.1) is 0 Å². The Morgan fingerprint density at radius 2 is 1.85 bits per heavy atom. The van der Waals surface area contributed by atoms with Crippen LogP contribution in [0.15, 0.2) is 12.1 Å². The fraction of sp³-hybridized carbons (Fsp3) is 0.571.